The Kier molecular flexibility index (Phi) is 5.67. The first-order valence-corrected chi connectivity index (χ1v) is 8.16. The van der Waals surface area contributed by atoms with Crippen molar-refractivity contribution in [2.24, 2.45) is 5.92 Å². The van der Waals surface area contributed by atoms with E-state index in [0.29, 0.717) is 19.4 Å². The maximum absolute atomic E-state index is 12.0. The molecule has 1 saturated heterocycles. The number of hydrogen-bond acceptors (Lipinski definition) is 5. The van der Waals surface area contributed by atoms with Gasteiger partial charge in [0.25, 0.3) is 0 Å². The number of carbonyl (C=O) groups excluding carboxylic acids is 1. The Labute approximate surface area is 122 Å². The van der Waals surface area contributed by atoms with E-state index in [4.69, 9.17) is 10.2 Å². The van der Waals surface area contributed by atoms with Crippen LogP contribution in [0.2, 0.25) is 0 Å². The quantitative estimate of drug-likeness (QED) is 0.552. The Bertz CT molecular complexity index is 531. The van der Waals surface area contributed by atoms with Gasteiger partial charge in [-0.1, -0.05) is 0 Å². The number of nitrogens with one attached hydrogen (secondary N) is 1. The summed E-state index contributed by atoms with van der Waals surface area (Å²) in [5, 5.41) is 19.6. The van der Waals surface area contributed by atoms with Gasteiger partial charge in [0.15, 0.2) is 0 Å². The van der Waals surface area contributed by atoms with Crippen molar-refractivity contribution in [1.82, 2.24) is 9.62 Å². The van der Waals surface area contributed by atoms with Gasteiger partial charge in [0.1, 0.15) is 6.04 Å². The zero-order valence-corrected chi connectivity index (χ0v) is 12.3. The van der Waals surface area contributed by atoms with Crippen LogP contribution in [-0.2, 0) is 24.4 Å². The molecule has 10 heteroatoms. The third kappa shape index (κ3) is 5.31. The summed E-state index contributed by atoms with van der Waals surface area (Å²) < 4.78 is 24.1. The normalized spacial score (nSPS) is 21.5. The van der Waals surface area contributed by atoms with Crippen LogP contribution in [0.5, 0.6) is 0 Å². The van der Waals surface area contributed by atoms with Crippen molar-refractivity contribution < 1.29 is 33.0 Å². The summed E-state index contributed by atoms with van der Waals surface area (Å²) in [5.41, 5.74) is 0. The van der Waals surface area contributed by atoms with Crippen molar-refractivity contribution in [1.29, 1.82) is 0 Å². The van der Waals surface area contributed by atoms with E-state index < -0.39 is 46.2 Å². The molecular weight excluding hydrogens is 304 g/mol. The van der Waals surface area contributed by atoms with E-state index in [9.17, 15) is 22.8 Å². The van der Waals surface area contributed by atoms with E-state index in [1.54, 1.807) is 0 Å². The Morgan fingerprint density at radius 1 is 1.33 bits per heavy atom. The van der Waals surface area contributed by atoms with Gasteiger partial charge < -0.3 is 15.5 Å². The Morgan fingerprint density at radius 2 is 1.95 bits per heavy atom. The summed E-state index contributed by atoms with van der Waals surface area (Å²) >= 11 is 0. The molecule has 2 atom stereocenters. The van der Waals surface area contributed by atoms with Gasteiger partial charge in [0.2, 0.25) is 15.9 Å². The Hall–Kier alpha value is -1.68. The molecule has 9 nitrogen and oxygen atoms in total. The van der Waals surface area contributed by atoms with Gasteiger partial charge in [-0.05, 0) is 12.8 Å². The fourth-order valence-electron chi connectivity index (χ4n) is 2.12. The monoisotopic (exact) mass is 322 g/mol. The molecule has 0 aromatic carbocycles. The minimum atomic E-state index is -3.41. The van der Waals surface area contributed by atoms with Gasteiger partial charge in [0, 0.05) is 13.1 Å². The van der Waals surface area contributed by atoms with Crippen LogP contribution >= 0.6 is 0 Å². The highest BCUT2D eigenvalue weighted by molar-refractivity contribution is 7.88. The molecule has 1 unspecified atom stereocenters. The standard InChI is InChI=1S/C11H18N2O7S/c1-21(19,20)13-4-2-3-7(6-13)10(16)12-8(11(17)18)5-9(14)15/h7-8H,2-6H2,1H3,(H,12,16)(H,14,15)(H,17,18)/t7?,8-/m0/s1. The van der Waals surface area contributed by atoms with Crippen LogP contribution < -0.4 is 5.32 Å². The summed E-state index contributed by atoms with van der Waals surface area (Å²) in [6, 6.07) is -1.52. The molecule has 1 aliphatic rings. The number of carboxylic acid groups (broad SMARTS) is 2. The third-order valence-corrected chi connectivity index (χ3v) is 4.49. The number of amides is 1. The second-order valence-corrected chi connectivity index (χ2v) is 6.94. The van der Waals surface area contributed by atoms with Gasteiger partial charge in [0.05, 0.1) is 18.6 Å². The molecule has 3 N–H and O–H groups in total. The predicted molar refractivity (Wildman–Crippen MR) is 71.0 cm³/mol. The highest BCUT2D eigenvalue weighted by Crippen LogP contribution is 2.19. The smallest absolute Gasteiger partial charge is 0.326 e. The number of sulfonamides is 1. The molecule has 120 valence electrons. The fourth-order valence-corrected chi connectivity index (χ4v) is 3.03. The van der Waals surface area contributed by atoms with E-state index in [-0.39, 0.29) is 6.54 Å². The molecule has 21 heavy (non-hydrogen) atoms. The average molecular weight is 322 g/mol. The lowest BCUT2D eigenvalue weighted by Crippen LogP contribution is -2.49. The van der Waals surface area contributed by atoms with Crippen LogP contribution in [0.15, 0.2) is 0 Å². The first-order chi connectivity index (χ1) is 9.61. The number of carboxylic acids is 2. The molecule has 0 aliphatic carbocycles. The number of hydrogen-bond donors (Lipinski definition) is 3. The number of nitrogens with zero attached hydrogens (tertiary/aromatic N) is 1. The molecule has 0 bridgehead atoms. The zero-order chi connectivity index (χ0) is 16.2. The lowest BCUT2D eigenvalue weighted by Gasteiger charge is -2.30. The predicted octanol–water partition coefficient (Wildman–Crippen LogP) is -1.30. The molecule has 0 radical (unpaired) electrons. The molecule has 0 saturated carbocycles. The van der Waals surface area contributed by atoms with Gasteiger partial charge >= 0.3 is 11.9 Å². The van der Waals surface area contributed by atoms with Gasteiger partial charge in [-0.3, -0.25) is 9.59 Å². The van der Waals surface area contributed by atoms with Gasteiger partial charge in [-0.2, -0.15) is 0 Å². The van der Waals surface area contributed by atoms with E-state index in [1.165, 1.54) is 0 Å². The van der Waals surface area contributed by atoms with Crippen LogP contribution in [0, 0.1) is 5.92 Å². The minimum Gasteiger partial charge on any atom is -0.481 e. The topological polar surface area (TPSA) is 141 Å². The Morgan fingerprint density at radius 3 is 2.43 bits per heavy atom. The number of piperidine rings is 1. The molecule has 1 fully saturated rings. The van der Waals surface area contributed by atoms with Crippen molar-refractivity contribution in [3.05, 3.63) is 0 Å². The van der Waals surface area contributed by atoms with Crippen molar-refractivity contribution in [3.8, 4) is 0 Å². The van der Waals surface area contributed by atoms with Crippen LogP contribution in [0.4, 0.5) is 0 Å². The summed E-state index contributed by atoms with van der Waals surface area (Å²) in [6.45, 7) is 0.296. The number of rotatable bonds is 6. The zero-order valence-electron chi connectivity index (χ0n) is 11.5. The fraction of sp³-hybridized carbons (Fsp3) is 0.727. The van der Waals surface area contributed by atoms with Crippen molar-refractivity contribution in [3.63, 3.8) is 0 Å². The van der Waals surface area contributed by atoms with Crippen molar-refractivity contribution in [2.45, 2.75) is 25.3 Å². The molecular formula is C11H18N2O7S. The molecule has 0 spiro atoms. The summed E-state index contributed by atoms with van der Waals surface area (Å²) in [5.74, 6) is -4.10. The third-order valence-electron chi connectivity index (χ3n) is 3.22. The largest absolute Gasteiger partial charge is 0.481 e. The highest BCUT2D eigenvalue weighted by Gasteiger charge is 2.32. The Balaban J connectivity index is 2.69. The molecule has 0 aromatic rings. The molecule has 0 aromatic heterocycles. The van der Waals surface area contributed by atoms with Crippen molar-refractivity contribution >= 4 is 27.9 Å². The van der Waals surface area contributed by atoms with E-state index in [0.717, 1.165) is 10.6 Å². The number of carbonyl (C=O) groups is 3. The second kappa shape index (κ2) is 6.85. The van der Waals surface area contributed by atoms with Crippen LogP contribution in [0.25, 0.3) is 0 Å². The summed E-state index contributed by atoms with van der Waals surface area (Å²) in [4.78, 5) is 33.4. The molecule has 1 heterocycles. The van der Waals surface area contributed by atoms with Gasteiger partial charge in [-0.25, -0.2) is 17.5 Å². The van der Waals surface area contributed by atoms with Crippen LogP contribution in [0.3, 0.4) is 0 Å². The maximum Gasteiger partial charge on any atom is 0.326 e. The van der Waals surface area contributed by atoms with E-state index in [2.05, 4.69) is 5.32 Å². The summed E-state index contributed by atoms with van der Waals surface area (Å²) in [6.07, 6.45) is 1.22. The molecule has 1 amide bonds. The minimum absolute atomic E-state index is 0.0237. The lowest BCUT2D eigenvalue weighted by atomic mass is 9.98. The number of aliphatic carboxylic acids is 2. The first-order valence-electron chi connectivity index (χ1n) is 6.31. The molecule has 1 aliphatic heterocycles. The lowest BCUT2D eigenvalue weighted by molar-refractivity contribution is -0.147. The van der Waals surface area contributed by atoms with Crippen LogP contribution in [0.1, 0.15) is 19.3 Å². The highest BCUT2D eigenvalue weighted by atomic mass is 32.2. The van der Waals surface area contributed by atoms with Crippen molar-refractivity contribution in [2.75, 3.05) is 19.3 Å². The summed E-state index contributed by atoms with van der Waals surface area (Å²) in [7, 11) is -3.41. The maximum atomic E-state index is 12.0. The van der Waals surface area contributed by atoms with E-state index in [1.807, 2.05) is 0 Å². The average Bonchev–Trinajstić information content (AvgIpc) is 2.36. The van der Waals surface area contributed by atoms with Crippen LogP contribution in [-0.4, -0.2) is 66.2 Å². The van der Waals surface area contributed by atoms with E-state index >= 15 is 0 Å². The molecule has 1 rings (SSSR count). The first kappa shape index (κ1) is 17.4. The SMILES string of the molecule is CS(=O)(=O)N1CCCC(C(=O)N[C@@H](CC(=O)O)C(=O)O)C1. The second-order valence-electron chi connectivity index (χ2n) is 4.96. The van der Waals surface area contributed by atoms with Gasteiger partial charge in [-0.15, -0.1) is 0 Å².